The van der Waals surface area contributed by atoms with Crippen LogP contribution < -0.4 is 20.5 Å². The summed E-state index contributed by atoms with van der Waals surface area (Å²) in [5.74, 6) is 2.42. The number of nitrogens with one attached hydrogen (secondary N) is 1. The van der Waals surface area contributed by atoms with Gasteiger partial charge in [-0.1, -0.05) is 6.07 Å². The lowest BCUT2D eigenvalue weighted by Gasteiger charge is -2.06. The Morgan fingerprint density at radius 1 is 1.21 bits per heavy atom. The van der Waals surface area contributed by atoms with E-state index >= 15 is 0 Å². The maximum absolute atomic E-state index is 5.64. The highest BCUT2D eigenvalue weighted by molar-refractivity contribution is 9.10. The normalized spacial score (nSPS) is 12.5. The molecule has 1 aromatic heterocycles. The Morgan fingerprint density at radius 3 is 2.89 bits per heavy atom. The summed E-state index contributed by atoms with van der Waals surface area (Å²) in [5.41, 5.74) is 6.69. The fourth-order valence-corrected chi connectivity index (χ4v) is 2.15. The molecule has 1 aliphatic heterocycles. The van der Waals surface area contributed by atoms with E-state index in [0.29, 0.717) is 22.9 Å². The molecule has 0 saturated carbocycles. The molecule has 1 aliphatic rings. The van der Waals surface area contributed by atoms with Crippen molar-refractivity contribution in [2.45, 2.75) is 6.54 Å². The predicted octanol–water partition coefficient (Wildman–Crippen LogP) is 2.16. The number of nitrogen functional groups attached to an aromatic ring is 1. The Balaban J connectivity index is 1.72. The van der Waals surface area contributed by atoms with Crippen molar-refractivity contribution >= 4 is 27.7 Å². The Bertz CT molecular complexity index is 600. The molecule has 0 atom stereocenters. The number of benzene rings is 1. The van der Waals surface area contributed by atoms with Gasteiger partial charge in [-0.3, -0.25) is 0 Å². The molecule has 1 aromatic carbocycles. The van der Waals surface area contributed by atoms with E-state index in [0.717, 1.165) is 17.1 Å². The molecular weight excluding hydrogens is 312 g/mol. The summed E-state index contributed by atoms with van der Waals surface area (Å²) >= 11 is 3.27. The maximum Gasteiger partial charge on any atom is 0.231 e. The van der Waals surface area contributed by atoms with Crippen LogP contribution in [0, 0.1) is 0 Å². The van der Waals surface area contributed by atoms with E-state index in [4.69, 9.17) is 15.2 Å². The van der Waals surface area contributed by atoms with Gasteiger partial charge in [0.2, 0.25) is 12.7 Å². The number of nitrogens with zero attached hydrogens (tertiary/aromatic N) is 2. The molecule has 3 N–H and O–H groups in total. The van der Waals surface area contributed by atoms with E-state index in [1.807, 2.05) is 18.2 Å². The number of ether oxygens (including phenoxy) is 2. The summed E-state index contributed by atoms with van der Waals surface area (Å²) in [6.07, 6.45) is 0. The van der Waals surface area contributed by atoms with Gasteiger partial charge in [-0.15, -0.1) is 0 Å². The predicted molar refractivity (Wildman–Crippen MR) is 74.0 cm³/mol. The van der Waals surface area contributed by atoms with Gasteiger partial charge >= 0.3 is 0 Å². The zero-order valence-electron chi connectivity index (χ0n) is 9.89. The van der Waals surface area contributed by atoms with Crippen LogP contribution in [-0.4, -0.2) is 16.8 Å². The molecule has 98 valence electrons. The molecule has 7 heteroatoms. The first-order valence-corrected chi connectivity index (χ1v) is 6.42. The molecule has 0 radical (unpaired) electrons. The molecule has 0 unspecified atom stereocenters. The zero-order chi connectivity index (χ0) is 13.2. The van der Waals surface area contributed by atoms with E-state index in [2.05, 4.69) is 31.2 Å². The first-order valence-electron chi connectivity index (χ1n) is 5.63. The van der Waals surface area contributed by atoms with Gasteiger partial charge in [0.05, 0.1) is 0 Å². The SMILES string of the molecule is Nc1cc(Br)nc(NCc2ccc3c(c2)OCO3)n1. The van der Waals surface area contributed by atoms with Gasteiger partial charge in [-0.25, -0.2) is 4.98 Å². The average Bonchev–Trinajstić information content (AvgIpc) is 2.82. The van der Waals surface area contributed by atoms with Gasteiger partial charge in [0.1, 0.15) is 10.4 Å². The minimum Gasteiger partial charge on any atom is -0.454 e. The summed E-state index contributed by atoms with van der Waals surface area (Å²) in [6, 6.07) is 7.42. The molecule has 19 heavy (non-hydrogen) atoms. The number of anilines is 2. The highest BCUT2D eigenvalue weighted by Crippen LogP contribution is 2.32. The average molecular weight is 323 g/mol. The van der Waals surface area contributed by atoms with Gasteiger partial charge < -0.3 is 20.5 Å². The van der Waals surface area contributed by atoms with Crippen molar-refractivity contribution in [2.75, 3.05) is 17.8 Å². The topological polar surface area (TPSA) is 82.3 Å². The van der Waals surface area contributed by atoms with Gasteiger partial charge in [0.25, 0.3) is 0 Å². The standard InChI is InChI=1S/C12H11BrN4O2/c13-10-4-11(14)17-12(16-10)15-5-7-1-2-8-9(3-7)19-6-18-8/h1-4H,5-6H2,(H3,14,15,16,17). The van der Waals surface area contributed by atoms with Gasteiger partial charge in [0, 0.05) is 12.6 Å². The van der Waals surface area contributed by atoms with Crippen LogP contribution in [0.2, 0.25) is 0 Å². The van der Waals surface area contributed by atoms with Crippen LogP contribution in [0.4, 0.5) is 11.8 Å². The number of fused-ring (bicyclic) bond motifs is 1. The maximum atomic E-state index is 5.64. The van der Waals surface area contributed by atoms with Crippen molar-refractivity contribution in [3.05, 3.63) is 34.4 Å². The lowest BCUT2D eigenvalue weighted by molar-refractivity contribution is 0.174. The van der Waals surface area contributed by atoms with Crippen LogP contribution in [0.3, 0.4) is 0 Å². The molecule has 0 bridgehead atoms. The number of halogens is 1. The summed E-state index contributed by atoms with van der Waals surface area (Å²) in [5, 5.41) is 3.11. The number of aromatic nitrogens is 2. The monoisotopic (exact) mass is 322 g/mol. The second kappa shape index (κ2) is 4.93. The Labute approximate surface area is 118 Å². The zero-order valence-corrected chi connectivity index (χ0v) is 11.5. The molecule has 0 spiro atoms. The number of hydrogen-bond acceptors (Lipinski definition) is 6. The van der Waals surface area contributed by atoms with Crippen LogP contribution in [0.15, 0.2) is 28.9 Å². The first kappa shape index (κ1) is 12.0. The van der Waals surface area contributed by atoms with Crippen LogP contribution in [-0.2, 0) is 6.54 Å². The summed E-state index contributed by atoms with van der Waals surface area (Å²) < 4.78 is 11.2. The molecule has 2 heterocycles. The van der Waals surface area contributed by atoms with Crippen molar-refractivity contribution in [3.63, 3.8) is 0 Å². The minimum atomic E-state index is 0.275. The fourth-order valence-electron chi connectivity index (χ4n) is 1.75. The summed E-state index contributed by atoms with van der Waals surface area (Å²) in [4.78, 5) is 8.27. The second-order valence-corrected chi connectivity index (χ2v) is 4.79. The summed E-state index contributed by atoms with van der Waals surface area (Å²) in [7, 11) is 0. The van der Waals surface area contributed by atoms with Crippen molar-refractivity contribution in [1.82, 2.24) is 9.97 Å². The highest BCUT2D eigenvalue weighted by atomic mass is 79.9. The van der Waals surface area contributed by atoms with E-state index in [-0.39, 0.29) is 6.79 Å². The third-order valence-electron chi connectivity index (χ3n) is 2.60. The molecule has 2 aromatic rings. The Hall–Kier alpha value is -2.02. The number of rotatable bonds is 3. The lowest BCUT2D eigenvalue weighted by atomic mass is 10.2. The van der Waals surface area contributed by atoms with Crippen LogP contribution in [0.1, 0.15) is 5.56 Å². The van der Waals surface area contributed by atoms with Crippen molar-refractivity contribution in [1.29, 1.82) is 0 Å². The van der Waals surface area contributed by atoms with Crippen molar-refractivity contribution < 1.29 is 9.47 Å². The molecule has 0 aliphatic carbocycles. The highest BCUT2D eigenvalue weighted by Gasteiger charge is 2.13. The molecule has 0 fully saturated rings. The largest absolute Gasteiger partial charge is 0.454 e. The third-order valence-corrected chi connectivity index (χ3v) is 3.01. The van der Waals surface area contributed by atoms with Gasteiger partial charge in [-0.2, -0.15) is 4.98 Å². The number of nitrogens with two attached hydrogens (primary N) is 1. The quantitative estimate of drug-likeness (QED) is 0.843. The molecule has 0 amide bonds. The molecular formula is C12H11BrN4O2. The van der Waals surface area contributed by atoms with E-state index in [1.165, 1.54) is 0 Å². The van der Waals surface area contributed by atoms with Crippen LogP contribution in [0.5, 0.6) is 11.5 Å². The Kier molecular flexibility index (Phi) is 3.12. The van der Waals surface area contributed by atoms with E-state index in [1.54, 1.807) is 6.07 Å². The fraction of sp³-hybridized carbons (Fsp3) is 0.167. The van der Waals surface area contributed by atoms with E-state index in [9.17, 15) is 0 Å². The van der Waals surface area contributed by atoms with Crippen LogP contribution >= 0.6 is 15.9 Å². The van der Waals surface area contributed by atoms with Gasteiger partial charge in [0.15, 0.2) is 11.5 Å². The number of hydrogen-bond donors (Lipinski definition) is 2. The van der Waals surface area contributed by atoms with Crippen molar-refractivity contribution in [2.24, 2.45) is 0 Å². The summed E-state index contributed by atoms with van der Waals surface area (Å²) in [6.45, 7) is 0.851. The lowest BCUT2D eigenvalue weighted by Crippen LogP contribution is -2.05. The second-order valence-electron chi connectivity index (χ2n) is 3.98. The minimum absolute atomic E-state index is 0.275. The van der Waals surface area contributed by atoms with Crippen molar-refractivity contribution in [3.8, 4) is 11.5 Å². The molecule has 6 nitrogen and oxygen atoms in total. The van der Waals surface area contributed by atoms with Crippen LogP contribution in [0.25, 0.3) is 0 Å². The molecule has 0 saturated heterocycles. The molecule has 3 rings (SSSR count). The Morgan fingerprint density at radius 2 is 2.05 bits per heavy atom. The van der Waals surface area contributed by atoms with E-state index < -0.39 is 0 Å². The third kappa shape index (κ3) is 2.70. The smallest absolute Gasteiger partial charge is 0.231 e. The first-order chi connectivity index (χ1) is 9.20. The van der Waals surface area contributed by atoms with Gasteiger partial charge in [-0.05, 0) is 33.6 Å².